The number of nitrogens with one attached hydrogen (secondary N) is 1. The standard InChI is InChI=1S/C21H16Cl2N2OS/c22-18-6-3-7-19(23)17(18)13-26-20-9-8-14-4-1-2-5-15(14)16(20)12-25-21-24-10-11-27-21/h1-11H,12-13H2,(H,24,25). The van der Waals surface area contributed by atoms with Gasteiger partial charge in [-0.2, -0.15) is 0 Å². The predicted octanol–water partition coefficient (Wildman–Crippen LogP) is 6.79. The monoisotopic (exact) mass is 414 g/mol. The molecule has 0 atom stereocenters. The van der Waals surface area contributed by atoms with E-state index in [-0.39, 0.29) is 0 Å². The van der Waals surface area contributed by atoms with Crippen LogP contribution < -0.4 is 10.1 Å². The van der Waals surface area contributed by atoms with Gasteiger partial charge in [0.05, 0.1) is 0 Å². The Kier molecular flexibility index (Phi) is 5.48. The summed E-state index contributed by atoms with van der Waals surface area (Å²) in [5, 5.41) is 9.71. The number of hydrogen-bond donors (Lipinski definition) is 1. The van der Waals surface area contributed by atoms with Crippen LogP contribution in [0.1, 0.15) is 11.1 Å². The van der Waals surface area contributed by atoms with Crippen LogP contribution in [0.15, 0.2) is 66.2 Å². The average molecular weight is 415 g/mol. The average Bonchev–Trinajstić information content (AvgIpc) is 3.20. The van der Waals surface area contributed by atoms with Crippen LogP contribution in [0.4, 0.5) is 5.13 Å². The van der Waals surface area contributed by atoms with E-state index in [0.717, 1.165) is 32.8 Å². The minimum Gasteiger partial charge on any atom is -0.488 e. The molecule has 1 aromatic heterocycles. The molecule has 0 aliphatic carbocycles. The van der Waals surface area contributed by atoms with Crippen molar-refractivity contribution < 1.29 is 4.74 Å². The largest absolute Gasteiger partial charge is 0.488 e. The molecular weight excluding hydrogens is 399 g/mol. The van der Waals surface area contributed by atoms with Gasteiger partial charge in [0.25, 0.3) is 0 Å². The van der Waals surface area contributed by atoms with Crippen molar-refractivity contribution in [3.63, 3.8) is 0 Å². The van der Waals surface area contributed by atoms with Crippen molar-refractivity contribution in [3.05, 3.63) is 87.3 Å². The van der Waals surface area contributed by atoms with Crippen LogP contribution in [0.3, 0.4) is 0 Å². The molecule has 4 aromatic rings. The fourth-order valence-corrected chi connectivity index (χ4v) is 3.96. The summed E-state index contributed by atoms with van der Waals surface area (Å²) in [6.07, 6.45) is 1.78. The lowest BCUT2D eigenvalue weighted by molar-refractivity contribution is 0.304. The number of benzene rings is 3. The molecule has 0 spiro atoms. The van der Waals surface area contributed by atoms with Crippen molar-refractivity contribution in [2.24, 2.45) is 0 Å². The summed E-state index contributed by atoms with van der Waals surface area (Å²) in [5.74, 6) is 0.800. The van der Waals surface area contributed by atoms with Crippen LogP contribution in [-0.4, -0.2) is 4.98 Å². The van der Waals surface area contributed by atoms with Gasteiger partial charge in [-0.1, -0.05) is 59.6 Å². The van der Waals surface area contributed by atoms with Crippen LogP contribution >= 0.6 is 34.5 Å². The molecule has 3 nitrogen and oxygen atoms in total. The van der Waals surface area contributed by atoms with Gasteiger partial charge in [0.2, 0.25) is 0 Å². The van der Waals surface area contributed by atoms with Crippen LogP contribution in [0.25, 0.3) is 10.8 Å². The molecule has 0 aliphatic heterocycles. The fraction of sp³-hybridized carbons (Fsp3) is 0.0952. The molecule has 0 unspecified atom stereocenters. The number of halogens is 2. The fourth-order valence-electron chi connectivity index (χ4n) is 2.93. The molecule has 0 aliphatic rings. The second-order valence-corrected chi connectivity index (χ2v) is 7.65. The Morgan fingerprint density at radius 1 is 0.926 bits per heavy atom. The summed E-state index contributed by atoms with van der Waals surface area (Å²) in [5.41, 5.74) is 1.86. The lowest BCUT2D eigenvalue weighted by Gasteiger charge is -2.16. The molecular formula is C21H16Cl2N2OS. The highest BCUT2D eigenvalue weighted by molar-refractivity contribution is 7.13. The van der Waals surface area contributed by atoms with Gasteiger partial charge in [0.15, 0.2) is 5.13 Å². The van der Waals surface area contributed by atoms with E-state index in [9.17, 15) is 0 Å². The van der Waals surface area contributed by atoms with Crippen LogP contribution in [-0.2, 0) is 13.2 Å². The molecule has 0 saturated heterocycles. The topological polar surface area (TPSA) is 34.1 Å². The lowest BCUT2D eigenvalue weighted by atomic mass is 10.0. The molecule has 0 amide bonds. The van der Waals surface area contributed by atoms with Gasteiger partial charge in [-0.3, -0.25) is 0 Å². The van der Waals surface area contributed by atoms with Crippen molar-refractivity contribution in [1.29, 1.82) is 0 Å². The second-order valence-electron chi connectivity index (χ2n) is 5.94. The SMILES string of the molecule is Clc1cccc(Cl)c1COc1ccc2ccccc2c1CNc1nccs1. The Hall–Kier alpha value is -2.27. The Balaban J connectivity index is 1.65. The molecule has 1 heterocycles. The van der Waals surface area contributed by atoms with E-state index in [4.69, 9.17) is 27.9 Å². The van der Waals surface area contributed by atoms with E-state index >= 15 is 0 Å². The molecule has 1 N–H and O–H groups in total. The summed E-state index contributed by atoms with van der Waals surface area (Å²) in [4.78, 5) is 4.29. The molecule has 0 radical (unpaired) electrons. The Morgan fingerprint density at radius 2 is 1.74 bits per heavy atom. The number of thiazole rings is 1. The maximum atomic E-state index is 6.28. The van der Waals surface area contributed by atoms with Crippen LogP contribution in [0.5, 0.6) is 5.75 Å². The number of fused-ring (bicyclic) bond motifs is 1. The van der Waals surface area contributed by atoms with Gasteiger partial charge in [0, 0.05) is 39.3 Å². The predicted molar refractivity (Wildman–Crippen MR) is 114 cm³/mol. The van der Waals surface area contributed by atoms with E-state index < -0.39 is 0 Å². The van der Waals surface area contributed by atoms with Crippen molar-refractivity contribution in [3.8, 4) is 5.75 Å². The number of aromatic nitrogens is 1. The normalized spacial score (nSPS) is 10.9. The highest BCUT2D eigenvalue weighted by Gasteiger charge is 2.12. The van der Waals surface area contributed by atoms with Crippen molar-refractivity contribution in [2.45, 2.75) is 13.2 Å². The maximum absolute atomic E-state index is 6.28. The van der Waals surface area contributed by atoms with E-state index in [1.54, 1.807) is 17.5 Å². The molecule has 0 fully saturated rings. The zero-order valence-corrected chi connectivity index (χ0v) is 16.6. The molecule has 136 valence electrons. The zero-order valence-electron chi connectivity index (χ0n) is 14.3. The number of anilines is 1. The first-order valence-electron chi connectivity index (χ1n) is 8.42. The number of nitrogens with zero attached hydrogens (tertiary/aromatic N) is 1. The van der Waals surface area contributed by atoms with Crippen molar-refractivity contribution in [1.82, 2.24) is 4.98 Å². The maximum Gasteiger partial charge on any atom is 0.182 e. The lowest BCUT2D eigenvalue weighted by Crippen LogP contribution is -2.05. The smallest absolute Gasteiger partial charge is 0.182 e. The van der Waals surface area contributed by atoms with E-state index in [1.807, 2.05) is 41.8 Å². The molecule has 6 heteroatoms. The molecule has 3 aromatic carbocycles. The van der Waals surface area contributed by atoms with Crippen LogP contribution in [0.2, 0.25) is 10.0 Å². The van der Waals surface area contributed by atoms with Gasteiger partial charge >= 0.3 is 0 Å². The van der Waals surface area contributed by atoms with Crippen molar-refractivity contribution in [2.75, 3.05) is 5.32 Å². The summed E-state index contributed by atoms with van der Waals surface area (Å²) in [6, 6.07) is 17.8. The molecule has 0 saturated carbocycles. The van der Waals surface area contributed by atoms with Gasteiger partial charge < -0.3 is 10.1 Å². The van der Waals surface area contributed by atoms with E-state index in [2.05, 4.69) is 28.5 Å². The third-order valence-corrected chi connectivity index (χ3v) is 5.72. The summed E-state index contributed by atoms with van der Waals surface area (Å²) in [7, 11) is 0. The van der Waals surface area contributed by atoms with Gasteiger partial charge in [-0.05, 0) is 29.0 Å². The Labute approximate surface area is 171 Å². The zero-order chi connectivity index (χ0) is 18.6. The molecule has 0 bridgehead atoms. The molecule has 27 heavy (non-hydrogen) atoms. The molecule has 4 rings (SSSR count). The van der Waals surface area contributed by atoms with Crippen LogP contribution in [0, 0.1) is 0 Å². The number of ether oxygens (including phenoxy) is 1. The highest BCUT2D eigenvalue weighted by Crippen LogP contribution is 2.31. The first kappa shape index (κ1) is 18.1. The van der Waals surface area contributed by atoms with Crippen molar-refractivity contribution >= 4 is 50.4 Å². The number of rotatable bonds is 6. The quantitative estimate of drug-likeness (QED) is 0.376. The van der Waals surface area contributed by atoms with Gasteiger partial charge in [0.1, 0.15) is 12.4 Å². The van der Waals surface area contributed by atoms with E-state index in [0.29, 0.717) is 23.2 Å². The summed E-state index contributed by atoms with van der Waals surface area (Å²) in [6.45, 7) is 0.918. The van der Waals surface area contributed by atoms with Gasteiger partial charge in [-0.15, -0.1) is 11.3 Å². The third-order valence-electron chi connectivity index (χ3n) is 4.28. The van der Waals surface area contributed by atoms with Gasteiger partial charge in [-0.25, -0.2) is 4.98 Å². The first-order valence-corrected chi connectivity index (χ1v) is 10.1. The minimum atomic E-state index is 0.307. The number of hydrogen-bond acceptors (Lipinski definition) is 4. The second kappa shape index (κ2) is 8.17. The minimum absolute atomic E-state index is 0.307. The van der Waals surface area contributed by atoms with E-state index in [1.165, 1.54) is 0 Å². The first-order chi connectivity index (χ1) is 13.2. The highest BCUT2D eigenvalue weighted by atomic mass is 35.5. The summed E-state index contributed by atoms with van der Waals surface area (Å²) < 4.78 is 6.14. The summed E-state index contributed by atoms with van der Waals surface area (Å²) >= 11 is 14.1. The Morgan fingerprint density at radius 3 is 2.52 bits per heavy atom. The Bertz CT molecular complexity index is 1050. The third kappa shape index (κ3) is 4.03.